The molecule has 0 unspecified atom stereocenters. The maximum absolute atomic E-state index is 13.1. The van der Waals surface area contributed by atoms with Crippen LogP contribution in [0, 0.1) is 24.7 Å². The Bertz CT molecular complexity index is 1240. The first kappa shape index (κ1) is 24.1. The molecule has 0 bridgehead atoms. The summed E-state index contributed by atoms with van der Waals surface area (Å²) in [5.41, 5.74) is 19.2. The number of rotatable bonds is 4. The fraction of sp³-hybridized carbons (Fsp3) is 0.296. The third-order valence-electron chi connectivity index (χ3n) is 6.79. The largest absolute Gasteiger partial charge is 0.370 e. The molecule has 1 amide bonds. The number of guanidine groups is 2. The van der Waals surface area contributed by atoms with Crippen LogP contribution in [0.2, 0.25) is 0 Å². The molecular weight excluding hydrogens is 438 g/mol. The summed E-state index contributed by atoms with van der Waals surface area (Å²) in [5, 5.41) is 18.2. The van der Waals surface area contributed by atoms with Crippen molar-refractivity contribution in [1.29, 1.82) is 10.8 Å². The van der Waals surface area contributed by atoms with Gasteiger partial charge in [-0.05, 0) is 78.3 Å². The van der Waals surface area contributed by atoms with E-state index >= 15 is 0 Å². The lowest BCUT2D eigenvalue weighted by Gasteiger charge is -2.27. The SMILES string of the molecule is Cc1cc(C2=CCN(C(=N)N)CC2)ccc1NC(=O)c1ccc(C2=CCN(C(=N)N)CC2)cc1C. The van der Waals surface area contributed by atoms with Crippen LogP contribution in [0.4, 0.5) is 5.69 Å². The van der Waals surface area contributed by atoms with Gasteiger partial charge in [-0.2, -0.15) is 0 Å². The lowest BCUT2D eigenvalue weighted by atomic mass is 9.95. The zero-order valence-electron chi connectivity index (χ0n) is 20.3. The predicted octanol–water partition coefficient (Wildman–Crippen LogP) is 3.52. The number of nitrogens with zero attached hydrogens (tertiary/aromatic N) is 2. The van der Waals surface area contributed by atoms with Gasteiger partial charge < -0.3 is 26.6 Å². The molecule has 0 aromatic heterocycles. The van der Waals surface area contributed by atoms with Crippen LogP contribution in [0.25, 0.3) is 11.1 Å². The van der Waals surface area contributed by atoms with Gasteiger partial charge in [-0.25, -0.2) is 0 Å². The summed E-state index contributed by atoms with van der Waals surface area (Å²) in [6.07, 6.45) is 5.87. The summed E-state index contributed by atoms with van der Waals surface area (Å²) in [5.74, 6) is 0.0779. The Morgan fingerprint density at radius 1 is 0.829 bits per heavy atom. The number of hydrogen-bond acceptors (Lipinski definition) is 3. The number of benzene rings is 2. The molecule has 0 fully saturated rings. The first-order chi connectivity index (χ1) is 16.7. The molecule has 0 radical (unpaired) electrons. The van der Waals surface area contributed by atoms with E-state index in [0.717, 1.165) is 53.9 Å². The Morgan fingerprint density at radius 2 is 1.34 bits per heavy atom. The van der Waals surface area contributed by atoms with Crippen molar-refractivity contribution in [3.05, 3.63) is 76.4 Å². The number of hydrogen-bond donors (Lipinski definition) is 5. The predicted molar refractivity (Wildman–Crippen MR) is 142 cm³/mol. The number of anilines is 1. The zero-order valence-corrected chi connectivity index (χ0v) is 20.3. The van der Waals surface area contributed by atoms with Gasteiger partial charge >= 0.3 is 0 Å². The molecule has 8 nitrogen and oxygen atoms in total. The van der Waals surface area contributed by atoms with Crippen molar-refractivity contribution in [3.8, 4) is 0 Å². The van der Waals surface area contributed by atoms with Crippen molar-refractivity contribution in [2.75, 3.05) is 31.5 Å². The Kier molecular flexibility index (Phi) is 6.91. The fourth-order valence-electron chi connectivity index (χ4n) is 4.61. The average Bonchev–Trinajstić information content (AvgIpc) is 2.85. The Hall–Kier alpha value is -4.07. The number of nitrogens with one attached hydrogen (secondary N) is 3. The maximum atomic E-state index is 13.1. The summed E-state index contributed by atoms with van der Waals surface area (Å²) in [4.78, 5) is 16.7. The van der Waals surface area contributed by atoms with Crippen molar-refractivity contribution < 1.29 is 4.79 Å². The molecular formula is C27H33N7O. The van der Waals surface area contributed by atoms with Gasteiger partial charge in [0.2, 0.25) is 0 Å². The molecule has 2 heterocycles. The lowest BCUT2D eigenvalue weighted by Crippen LogP contribution is -2.39. The molecule has 0 saturated carbocycles. The van der Waals surface area contributed by atoms with Crippen molar-refractivity contribution in [2.24, 2.45) is 11.5 Å². The quantitative estimate of drug-likeness (QED) is 0.343. The summed E-state index contributed by atoms with van der Waals surface area (Å²) in [6, 6.07) is 12.0. The van der Waals surface area contributed by atoms with Crippen molar-refractivity contribution in [2.45, 2.75) is 26.7 Å². The smallest absolute Gasteiger partial charge is 0.255 e. The molecule has 8 heteroatoms. The Balaban J connectivity index is 1.44. The zero-order chi connectivity index (χ0) is 25.1. The second-order valence-electron chi connectivity index (χ2n) is 9.13. The van der Waals surface area contributed by atoms with E-state index in [0.29, 0.717) is 18.7 Å². The molecule has 0 spiro atoms. The molecule has 35 heavy (non-hydrogen) atoms. The molecule has 2 aliphatic heterocycles. The number of nitrogens with two attached hydrogens (primary N) is 2. The lowest BCUT2D eigenvalue weighted by molar-refractivity contribution is 0.102. The minimum Gasteiger partial charge on any atom is -0.370 e. The fourth-order valence-corrected chi connectivity index (χ4v) is 4.61. The highest BCUT2D eigenvalue weighted by Gasteiger charge is 2.17. The first-order valence-corrected chi connectivity index (χ1v) is 11.8. The van der Waals surface area contributed by atoms with Crippen LogP contribution in [-0.2, 0) is 0 Å². The minimum absolute atomic E-state index is 0.0990. The third-order valence-corrected chi connectivity index (χ3v) is 6.79. The topological polar surface area (TPSA) is 135 Å². The van der Waals surface area contributed by atoms with E-state index in [4.69, 9.17) is 22.3 Å². The van der Waals surface area contributed by atoms with Gasteiger partial charge in [0.1, 0.15) is 0 Å². The normalized spacial score (nSPS) is 15.8. The summed E-state index contributed by atoms with van der Waals surface area (Å²) in [7, 11) is 0. The highest BCUT2D eigenvalue weighted by Crippen LogP contribution is 2.28. The summed E-state index contributed by atoms with van der Waals surface area (Å²) >= 11 is 0. The Labute approximate surface area is 206 Å². The van der Waals surface area contributed by atoms with E-state index < -0.39 is 0 Å². The average molecular weight is 472 g/mol. The van der Waals surface area contributed by atoms with Crippen LogP contribution in [0.15, 0.2) is 48.6 Å². The van der Waals surface area contributed by atoms with E-state index in [1.807, 2.05) is 47.9 Å². The van der Waals surface area contributed by atoms with Crippen LogP contribution in [0.3, 0.4) is 0 Å². The van der Waals surface area contributed by atoms with E-state index in [9.17, 15) is 4.79 Å². The van der Waals surface area contributed by atoms with Gasteiger partial charge in [0.05, 0.1) is 0 Å². The molecule has 0 atom stereocenters. The second-order valence-corrected chi connectivity index (χ2v) is 9.13. The molecule has 2 aromatic carbocycles. The highest BCUT2D eigenvalue weighted by atomic mass is 16.1. The van der Waals surface area contributed by atoms with Gasteiger partial charge in [0.25, 0.3) is 5.91 Å². The molecule has 182 valence electrons. The van der Waals surface area contributed by atoms with Crippen molar-refractivity contribution in [3.63, 3.8) is 0 Å². The maximum Gasteiger partial charge on any atom is 0.255 e. The molecule has 2 aliphatic rings. The first-order valence-electron chi connectivity index (χ1n) is 11.8. The van der Waals surface area contributed by atoms with Crippen LogP contribution in [0.5, 0.6) is 0 Å². The highest BCUT2D eigenvalue weighted by molar-refractivity contribution is 6.06. The van der Waals surface area contributed by atoms with Gasteiger partial charge in [0.15, 0.2) is 11.9 Å². The number of aryl methyl sites for hydroxylation is 2. The minimum atomic E-state index is -0.126. The molecule has 4 rings (SSSR count). The van der Waals surface area contributed by atoms with E-state index in [2.05, 4.69) is 29.6 Å². The summed E-state index contributed by atoms with van der Waals surface area (Å²) in [6.45, 7) is 6.69. The number of amides is 1. The third kappa shape index (κ3) is 5.37. The van der Waals surface area contributed by atoms with E-state index in [1.54, 1.807) is 0 Å². The van der Waals surface area contributed by atoms with E-state index in [-0.39, 0.29) is 17.8 Å². The van der Waals surface area contributed by atoms with Crippen LogP contribution in [-0.4, -0.2) is 53.8 Å². The van der Waals surface area contributed by atoms with Crippen molar-refractivity contribution >= 4 is 34.7 Å². The standard InChI is InChI=1S/C27H33N7O/c1-17-15-21(19-7-11-33(12-8-19)26(28)29)3-5-23(17)25(35)32-24-6-4-22(16-18(24)2)20-9-13-34(14-10-20)27(30)31/h3-7,9,15-16H,8,10-14H2,1-2H3,(H3,28,29)(H3,30,31)(H,32,35). The second kappa shape index (κ2) is 10.0. The van der Waals surface area contributed by atoms with Gasteiger partial charge in [-0.3, -0.25) is 15.6 Å². The molecule has 0 saturated heterocycles. The summed E-state index contributed by atoms with van der Waals surface area (Å²) < 4.78 is 0. The van der Waals surface area contributed by atoms with Crippen molar-refractivity contribution in [1.82, 2.24) is 9.80 Å². The monoisotopic (exact) mass is 471 g/mol. The van der Waals surface area contributed by atoms with Crippen LogP contribution in [0.1, 0.15) is 45.5 Å². The van der Waals surface area contributed by atoms with Gasteiger partial charge in [-0.1, -0.05) is 30.4 Å². The van der Waals surface area contributed by atoms with Crippen LogP contribution < -0.4 is 16.8 Å². The molecule has 7 N–H and O–H groups in total. The number of carbonyl (C=O) groups is 1. The van der Waals surface area contributed by atoms with Gasteiger partial charge in [-0.15, -0.1) is 0 Å². The number of carbonyl (C=O) groups excluding carboxylic acids is 1. The molecule has 2 aromatic rings. The molecule has 0 aliphatic carbocycles. The van der Waals surface area contributed by atoms with E-state index in [1.165, 1.54) is 11.1 Å². The Morgan fingerprint density at radius 3 is 1.77 bits per heavy atom. The van der Waals surface area contributed by atoms with Crippen LogP contribution >= 0.6 is 0 Å². The van der Waals surface area contributed by atoms with Gasteiger partial charge in [0, 0.05) is 37.4 Å².